The lowest BCUT2D eigenvalue weighted by molar-refractivity contribution is -0.136. The summed E-state index contributed by atoms with van der Waals surface area (Å²) in [5.41, 5.74) is 6.54. The number of hydrogen-bond acceptors (Lipinski definition) is 3. The first-order chi connectivity index (χ1) is 11.7. The van der Waals surface area contributed by atoms with E-state index < -0.39 is 42.3 Å². The van der Waals surface area contributed by atoms with Crippen molar-refractivity contribution in [2.24, 2.45) is 5.73 Å². The summed E-state index contributed by atoms with van der Waals surface area (Å²) in [5.74, 6) is -4.33. The third kappa shape index (κ3) is 3.35. The van der Waals surface area contributed by atoms with Crippen LogP contribution in [-0.2, 0) is 9.59 Å². The Morgan fingerprint density at radius 2 is 2.12 bits per heavy atom. The van der Waals surface area contributed by atoms with Gasteiger partial charge < -0.3 is 16.0 Å². The number of nitrogens with one attached hydrogen (secondary N) is 1. The molecule has 0 spiro atoms. The molecule has 2 saturated heterocycles. The molecule has 136 valence electrons. The second-order valence-corrected chi connectivity index (χ2v) is 7.15. The van der Waals surface area contributed by atoms with Gasteiger partial charge in [-0.15, -0.1) is 0 Å². The Hall–Kier alpha value is -1.73. The molecule has 2 aliphatic heterocycles. The average Bonchev–Trinajstić information content (AvgIpc) is 2.92. The van der Waals surface area contributed by atoms with Crippen LogP contribution in [0.2, 0.25) is 5.02 Å². The first kappa shape index (κ1) is 18.1. The van der Waals surface area contributed by atoms with Crippen LogP contribution >= 0.6 is 11.6 Å². The van der Waals surface area contributed by atoms with Gasteiger partial charge in [-0.3, -0.25) is 9.59 Å². The lowest BCUT2D eigenvalue weighted by Crippen LogP contribution is -2.56. The van der Waals surface area contributed by atoms with E-state index in [0.29, 0.717) is 17.9 Å². The van der Waals surface area contributed by atoms with Gasteiger partial charge in [0.2, 0.25) is 11.8 Å². The predicted molar refractivity (Wildman–Crippen MR) is 89.2 cm³/mol. The van der Waals surface area contributed by atoms with Gasteiger partial charge in [0.05, 0.1) is 18.1 Å². The van der Waals surface area contributed by atoms with Crippen LogP contribution in [0.3, 0.4) is 0 Å². The normalized spacial score (nSPS) is 31.4. The standard InChI is InChI=1S/C17H20ClF2N3O2/c1-9(24)22-15-14-6-5-13(10-3-2-4-11(18)7-10)23(14)16(25)12(21)8-17(15,19)20/h2-4,7,12-15H,5-6,8,21H2,1H3,(H,22,24)/t12-,13+,14-,15?/m1/s1. The van der Waals surface area contributed by atoms with Crippen LogP contribution in [0.25, 0.3) is 0 Å². The van der Waals surface area contributed by atoms with E-state index in [1.54, 1.807) is 18.2 Å². The van der Waals surface area contributed by atoms with Crippen molar-refractivity contribution in [3.05, 3.63) is 34.9 Å². The van der Waals surface area contributed by atoms with Crippen molar-refractivity contribution in [2.75, 3.05) is 0 Å². The van der Waals surface area contributed by atoms with E-state index >= 15 is 0 Å². The molecule has 25 heavy (non-hydrogen) atoms. The van der Waals surface area contributed by atoms with Gasteiger partial charge in [-0.1, -0.05) is 23.7 Å². The highest BCUT2D eigenvalue weighted by molar-refractivity contribution is 6.30. The van der Waals surface area contributed by atoms with Crippen LogP contribution in [0, 0.1) is 0 Å². The molecule has 1 aromatic carbocycles. The van der Waals surface area contributed by atoms with E-state index in [2.05, 4.69) is 5.32 Å². The molecule has 2 amide bonds. The van der Waals surface area contributed by atoms with Crippen molar-refractivity contribution in [3.8, 4) is 0 Å². The van der Waals surface area contributed by atoms with Gasteiger partial charge in [0.1, 0.15) is 6.04 Å². The zero-order chi connectivity index (χ0) is 18.4. The van der Waals surface area contributed by atoms with E-state index in [1.807, 2.05) is 6.07 Å². The van der Waals surface area contributed by atoms with Crippen molar-refractivity contribution in [1.82, 2.24) is 10.2 Å². The molecular weight excluding hydrogens is 352 g/mol. The Labute approximate surface area is 149 Å². The van der Waals surface area contributed by atoms with Crippen molar-refractivity contribution in [1.29, 1.82) is 0 Å². The largest absolute Gasteiger partial charge is 0.345 e. The minimum atomic E-state index is -3.26. The van der Waals surface area contributed by atoms with Crippen LogP contribution in [0.5, 0.6) is 0 Å². The Morgan fingerprint density at radius 3 is 2.76 bits per heavy atom. The molecule has 2 fully saturated rings. The first-order valence-corrected chi connectivity index (χ1v) is 8.56. The number of benzene rings is 1. The summed E-state index contributed by atoms with van der Waals surface area (Å²) < 4.78 is 29.3. The van der Waals surface area contributed by atoms with Crippen LogP contribution in [-0.4, -0.2) is 40.8 Å². The summed E-state index contributed by atoms with van der Waals surface area (Å²) in [6.45, 7) is 1.19. The maximum atomic E-state index is 14.7. The topological polar surface area (TPSA) is 75.4 Å². The number of fused-ring (bicyclic) bond motifs is 1. The first-order valence-electron chi connectivity index (χ1n) is 8.19. The fraction of sp³-hybridized carbons (Fsp3) is 0.529. The Kier molecular flexibility index (Phi) is 4.72. The van der Waals surface area contributed by atoms with E-state index in [9.17, 15) is 18.4 Å². The van der Waals surface area contributed by atoms with Gasteiger partial charge in [0, 0.05) is 18.4 Å². The highest BCUT2D eigenvalue weighted by Gasteiger charge is 2.56. The number of carbonyl (C=O) groups excluding carboxylic acids is 2. The fourth-order valence-electron chi connectivity index (χ4n) is 3.92. The second kappa shape index (κ2) is 6.53. The van der Waals surface area contributed by atoms with Crippen molar-refractivity contribution >= 4 is 23.4 Å². The predicted octanol–water partition coefficient (Wildman–Crippen LogP) is 2.24. The van der Waals surface area contributed by atoms with Gasteiger partial charge in [-0.2, -0.15) is 0 Å². The van der Waals surface area contributed by atoms with Crippen molar-refractivity contribution in [2.45, 2.75) is 56.3 Å². The summed E-state index contributed by atoms with van der Waals surface area (Å²) in [5, 5.41) is 2.85. The summed E-state index contributed by atoms with van der Waals surface area (Å²) in [6, 6.07) is 3.06. The Bertz CT molecular complexity index is 700. The van der Waals surface area contributed by atoms with Gasteiger partial charge in [0.15, 0.2) is 0 Å². The number of halogens is 3. The molecule has 5 nitrogen and oxygen atoms in total. The van der Waals surface area contributed by atoms with E-state index in [0.717, 1.165) is 5.56 Å². The van der Waals surface area contributed by atoms with Crippen LogP contribution in [0.15, 0.2) is 24.3 Å². The number of amides is 2. The zero-order valence-corrected chi connectivity index (χ0v) is 14.5. The molecule has 0 radical (unpaired) electrons. The Morgan fingerprint density at radius 1 is 1.40 bits per heavy atom. The van der Waals surface area contributed by atoms with Crippen molar-refractivity contribution < 1.29 is 18.4 Å². The smallest absolute Gasteiger partial charge is 0.271 e. The molecule has 2 aliphatic rings. The number of nitrogens with zero attached hydrogens (tertiary/aromatic N) is 1. The third-order valence-corrected chi connectivity index (χ3v) is 5.16. The number of nitrogens with two attached hydrogens (primary N) is 1. The monoisotopic (exact) mass is 371 g/mol. The summed E-state index contributed by atoms with van der Waals surface area (Å²) >= 11 is 6.03. The quantitative estimate of drug-likeness (QED) is 0.837. The molecule has 3 N–H and O–H groups in total. The number of alkyl halides is 2. The molecule has 0 aliphatic carbocycles. The van der Waals surface area contributed by atoms with Crippen LogP contribution in [0.4, 0.5) is 8.78 Å². The van der Waals surface area contributed by atoms with Gasteiger partial charge in [0.25, 0.3) is 5.92 Å². The summed E-state index contributed by atoms with van der Waals surface area (Å²) in [6.07, 6.45) is 0.0812. The second-order valence-electron chi connectivity index (χ2n) is 6.71. The third-order valence-electron chi connectivity index (χ3n) is 4.92. The summed E-state index contributed by atoms with van der Waals surface area (Å²) in [7, 11) is 0. The molecular formula is C17H20ClF2N3O2. The van der Waals surface area contributed by atoms with Gasteiger partial charge in [-0.05, 0) is 30.5 Å². The highest BCUT2D eigenvalue weighted by atomic mass is 35.5. The van der Waals surface area contributed by atoms with Crippen molar-refractivity contribution in [3.63, 3.8) is 0 Å². The number of rotatable bonds is 2. The van der Waals surface area contributed by atoms with Crippen LogP contribution < -0.4 is 11.1 Å². The average molecular weight is 372 g/mol. The SMILES string of the molecule is CC(=O)NC1[C@H]2CC[C@@H](c3cccc(Cl)c3)N2C(=O)[C@H](N)CC1(F)F. The number of carbonyl (C=O) groups is 2. The molecule has 0 aromatic heterocycles. The molecule has 2 heterocycles. The molecule has 3 rings (SSSR count). The lowest BCUT2D eigenvalue weighted by Gasteiger charge is -2.35. The van der Waals surface area contributed by atoms with Gasteiger partial charge >= 0.3 is 0 Å². The molecule has 4 atom stereocenters. The molecule has 1 unspecified atom stereocenters. The number of hydrogen-bond donors (Lipinski definition) is 2. The Balaban J connectivity index is 2.02. The van der Waals surface area contributed by atoms with Gasteiger partial charge in [-0.25, -0.2) is 8.78 Å². The van der Waals surface area contributed by atoms with E-state index in [4.69, 9.17) is 17.3 Å². The maximum Gasteiger partial charge on any atom is 0.271 e. The van der Waals surface area contributed by atoms with E-state index in [1.165, 1.54) is 11.8 Å². The van der Waals surface area contributed by atoms with Crippen LogP contribution in [0.1, 0.15) is 37.8 Å². The minimum Gasteiger partial charge on any atom is -0.345 e. The maximum absolute atomic E-state index is 14.7. The molecule has 8 heteroatoms. The fourth-order valence-corrected chi connectivity index (χ4v) is 4.12. The zero-order valence-electron chi connectivity index (χ0n) is 13.7. The highest BCUT2D eigenvalue weighted by Crippen LogP contribution is 2.44. The minimum absolute atomic E-state index is 0.357. The lowest BCUT2D eigenvalue weighted by atomic mass is 9.96. The van der Waals surface area contributed by atoms with E-state index in [-0.39, 0.29) is 6.04 Å². The molecule has 0 bridgehead atoms. The summed E-state index contributed by atoms with van der Waals surface area (Å²) in [4.78, 5) is 25.6. The molecule has 1 aromatic rings. The molecule has 0 saturated carbocycles.